The summed E-state index contributed by atoms with van der Waals surface area (Å²) in [6.45, 7) is 0.340. The van der Waals surface area contributed by atoms with E-state index in [1.165, 1.54) is 11.3 Å². The maximum Gasteiger partial charge on any atom is 0.253 e. The van der Waals surface area contributed by atoms with Crippen LogP contribution in [0.4, 0.5) is 5.13 Å². The van der Waals surface area contributed by atoms with E-state index in [4.69, 9.17) is 11.6 Å². The minimum absolute atomic E-state index is 0.153. The Morgan fingerprint density at radius 2 is 1.89 bits per heavy atom. The molecule has 0 bridgehead atoms. The molecule has 0 spiro atoms. The summed E-state index contributed by atoms with van der Waals surface area (Å²) in [6.07, 6.45) is 5.09. The van der Waals surface area contributed by atoms with Crippen molar-refractivity contribution < 1.29 is 4.79 Å². The molecule has 0 aliphatic carbocycles. The number of anilines is 1. The van der Waals surface area contributed by atoms with E-state index < -0.39 is 0 Å². The van der Waals surface area contributed by atoms with Gasteiger partial charge in [-0.25, -0.2) is 4.98 Å². The fourth-order valence-electron chi connectivity index (χ4n) is 2.72. The Bertz CT molecular complexity index is 1130. The van der Waals surface area contributed by atoms with Gasteiger partial charge in [-0.15, -0.1) is 0 Å². The molecule has 4 aromatic rings. The summed E-state index contributed by atoms with van der Waals surface area (Å²) < 4.78 is 0.938. The standard InChI is InChI=1S/C22H16ClN3OS/c23-17-10-11-19-20(14-17)28-22(25-19)26(15-18-8-4-5-13-24-18)21(27)12-9-16-6-2-1-3-7-16/h1-14H,15H2/b12-9+. The van der Waals surface area contributed by atoms with Crippen molar-refractivity contribution in [1.29, 1.82) is 0 Å². The van der Waals surface area contributed by atoms with Gasteiger partial charge in [0.1, 0.15) is 0 Å². The number of amides is 1. The van der Waals surface area contributed by atoms with Gasteiger partial charge in [0.15, 0.2) is 5.13 Å². The van der Waals surface area contributed by atoms with Gasteiger partial charge in [0.05, 0.1) is 22.5 Å². The summed E-state index contributed by atoms with van der Waals surface area (Å²) in [4.78, 5) is 23.6. The molecular weight excluding hydrogens is 390 g/mol. The predicted molar refractivity (Wildman–Crippen MR) is 116 cm³/mol. The fraction of sp³-hybridized carbons (Fsp3) is 0.0455. The van der Waals surface area contributed by atoms with Gasteiger partial charge in [-0.3, -0.25) is 14.7 Å². The topological polar surface area (TPSA) is 46.1 Å². The van der Waals surface area contributed by atoms with Crippen LogP contribution in [0, 0.1) is 0 Å². The maximum atomic E-state index is 13.0. The van der Waals surface area contributed by atoms with Crippen LogP contribution < -0.4 is 4.90 Å². The Kier molecular flexibility index (Phi) is 5.46. The van der Waals surface area contributed by atoms with Crippen LogP contribution in [0.2, 0.25) is 5.02 Å². The van der Waals surface area contributed by atoms with E-state index in [1.807, 2.05) is 60.7 Å². The molecule has 0 saturated heterocycles. The van der Waals surface area contributed by atoms with Gasteiger partial charge in [-0.1, -0.05) is 59.3 Å². The van der Waals surface area contributed by atoms with Gasteiger partial charge in [0.2, 0.25) is 0 Å². The molecule has 0 atom stereocenters. The highest BCUT2D eigenvalue weighted by molar-refractivity contribution is 7.22. The van der Waals surface area contributed by atoms with Gasteiger partial charge in [-0.2, -0.15) is 0 Å². The highest BCUT2D eigenvalue weighted by Gasteiger charge is 2.19. The molecule has 4 rings (SSSR count). The number of fused-ring (bicyclic) bond motifs is 1. The first kappa shape index (κ1) is 18.3. The normalized spacial score (nSPS) is 11.2. The first-order chi connectivity index (χ1) is 13.7. The van der Waals surface area contributed by atoms with Crippen LogP contribution in [-0.2, 0) is 11.3 Å². The lowest BCUT2D eigenvalue weighted by Crippen LogP contribution is -2.29. The number of nitrogens with zero attached hydrogens (tertiary/aromatic N) is 3. The molecule has 0 saturated carbocycles. The van der Waals surface area contributed by atoms with Crippen molar-refractivity contribution in [3.05, 3.63) is 95.3 Å². The summed E-state index contributed by atoms with van der Waals surface area (Å²) >= 11 is 7.53. The van der Waals surface area contributed by atoms with Crippen LogP contribution in [-0.4, -0.2) is 15.9 Å². The molecule has 138 valence electrons. The van der Waals surface area contributed by atoms with E-state index in [0.29, 0.717) is 16.7 Å². The maximum absolute atomic E-state index is 13.0. The lowest BCUT2D eigenvalue weighted by atomic mass is 10.2. The Morgan fingerprint density at radius 3 is 2.68 bits per heavy atom. The van der Waals surface area contributed by atoms with E-state index in [-0.39, 0.29) is 5.91 Å². The third kappa shape index (κ3) is 4.27. The largest absolute Gasteiger partial charge is 0.278 e. The third-order valence-corrected chi connectivity index (χ3v) is 5.38. The lowest BCUT2D eigenvalue weighted by Gasteiger charge is -2.17. The number of hydrogen-bond acceptors (Lipinski definition) is 4. The SMILES string of the molecule is O=C(/C=C/c1ccccc1)N(Cc1ccccn1)c1nc2ccc(Cl)cc2s1. The van der Waals surface area contributed by atoms with Gasteiger partial charge in [0.25, 0.3) is 5.91 Å². The number of benzene rings is 2. The van der Waals surface area contributed by atoms with Crippen LogP contribution in [0.25, 0.3) is 16.3 Å². The number of thiazole rings is 1. The van der Waals surface area contributed by atoms with E-state index >= 15 is 0 Å². The highest BCUT2D eigenvalue weighted by atomic mass is 35.5. The van der Waals surface area contributed by atoms with Crippen molar-refractivity contribution in [2.45, 2.75) is 6.54 Å². The van der Waals surface area contributed by atoms with Crippen molar-refractivity contribution in [1.82, 2.24) is 9.97 Å². The lowest BCUT2D eigenvalue weighted by molar-refractivity contribution is -0.114. The summed E-state index contributed by atoms with van der Waals surface area (Å²) in [5.41, 5.74) is 2.57. The van der Waals surface area contributed by atoms with E-state index in [9.17, 15) is 4.79 Å². The number of rotatable bonds is 5. The quantitative estimate of drug-likeness (QED) is 0.406. The molecule has 2 aromatic heterocycles. The average molecular weight is 406 g/mol. The molecule has 0 N–H and O–H groups in total. The summed E-state index contributed by atoms with van der Waals surface area (Å²) in [5, 5.41) is 1.26. The van der Waals surface area contributed by atoms with E-state index in [1.54, 1.807) is 29.3 Å². The Morgan fingerprint density at radius 1 is 1.07 bits per heavy atom. The second-order valence-corrected chi connectivity index (χ2v) is 7.54. The first-order valence-corrected chi connectivity index (χ1v) is 9.89. The Balaban J connectivity index is 1.68. The first-order valence-electron chi connectivity index (χ1n) is 8.70. The third-order valence-electron chi connectivity index (χ3n) is 4.10. The zero-order valence-electron chi connectivity index (χ0n) is 14.8. The molecule has 2 heterocycles. The van der Waals surface area contributed by atoms with Crippen molar-refractivity contribution >= 4 is 50.3 Å². The fourth-order valence-corrected chi connectivity index (χ4v) is 3.96. The average Bonchev–Trinajstić information content (AvgIpc) is 3.14. The molecule has 4 nitrogen and oxygen atoms in total. The second kappa shape index (κ2) is 8.33. The Labute approximate surface area is 171 Å². The van der Waals surface area contributed by atoms with Gasteiger partial charge < -0.3 is 0 Å². The van der Waals surface area contributed by atoms with Gasteiger partial charge in [0, 0.05) is 17.3 Å². The highest BCUT2D eigenvalue weighted by Crippen LogP contribution is 2.31. The molecule has 0 radical (unpaired) electrons. The molecule has 1 amide bonds. The van der Waals surface area contributed by atoms with Crippen LogP contribution in [0.3, 0.4) is 0 Å². The molecule has 2 aromatic carbocycles. The van der Waals surface area contributed by atoms with Gasteiger partial charge >= 0.3 is 0 Å². The second-order valence-electron chi connectivity index (χ2n) is 6.10. The van der Waals surface area contributed by atoms with Crippen molar-refractivity contribution in [3.63, 3.8) is 0 Å². The van der Waals surface area contributed by atoms with Crippen molar-refractivity contribution in [2.75, 3.05) is 4.90 Å². The summed E-state index contributed by atoms with van der Waals surface area (Å²) in [7, 11) is 0. The number of aromatic nitrogens is 2. The molecular formula is C22H16ClN3OS. The van der Waals surface area contributed by atoms with E-state index in [2.05, 4.69) is 9.97 Å². The molecule has 0 aliphatic rings. The number of carbonyl (C=O) groups is 1. The Hall–Kier alpha value is -3.02. The zero-order valence-corrected chi connectivity index (χ0v) is 16.4. The van der Waals surface area contributed by atoms with Gasteiger partial charge in [-0.05, 0) is 42.0 Å². The van der Waals surface area contributed by atoms with Crippen molar-refractivity contribution in [3.8, 4) is 0 Å². The minimum atomic E-state index is -0.153. The molecule has 6 heteroatoms. The number of carbonyl (C=O) groups excluding carboxylic acids is 1. The van der Waals surface area contributed by atoms with E-state index in [0.717, 1.165) is 21.5 Å². The smallest absolute Gasteiger partial charge is 0.253 e. The molecule has 0 fully saturated rings. The number of hydrogen-bond donors (Lipinski definition) is 0. The van der Waals surface area contributed by atoms with Crippen LogP contribution in [0.5, 0.6) is 0 Å². The monoisotopic (exact) mass is 405 g/mol. The zero-order chi connectivity index (χ0) is 19.3. The van der Waals surface area contributed by atoms with Crippen molar-refractivity contribution in [2.24, 2.45) is 0 Å². The molecule has 0 aliphatic heterocycles. The molecule has 28 heavy (non-hydrogen) atoms. The summed E-state index contributed by atoms with van der Waals surface area (Å²) in [6, 6.07) is 20.9. The molecule has 0 unspecified atom stereocenters. The van der Waals surface area contributed by atoms with Crippen LogP contribution >= 0.6 is 22.9 Å². The van der Waals surface area contributed by atoms with Crippen LogP contribution in [0.15, 0.2) is 79.0 Å². The number of halogens is 1. The van der Waals surface area contributed by atoms with Crippen LogP contribution in [0.1, 0.15) is 11.3 Å². The summed E-state index contributed by atoms with van der Waals surface area (Å²) in [5.74, 6) is -0.153. The minimum Gasteiger partial charge on any atom is -0.278 e. The predicted octanol–water partition coefficient (Wildman–Crippen LogP) is 5.59. The number of pyridine rings is 1.